The normalized spacial score (nSPS) is 15.2. The number of hydrogen-bond acceptors (Lipinski definition) is 10. The van der Waals surface area contributed by atoms with Crippen molar-refractivity contribution in [2.24, 2.45) is 0 Å². The van der Waals surface area contributed by atoms with Crippen LogP contribution in [0, 0.1) is 11.3 Å². The Morgan fingerprint density at radius 2 is 1.77 bits per heavy atom. The number of hydrogen-bond donors (Lipinski definition) is 2. The molecular weight excluding hydrogens is 550 g/mol. The molecule has 44 heavy (non-hydrogen) atoms. The molecule has 3 N–H and O–H groups in total. The van der Waals surface area contributed by atoms with Gasteiger partial charge in [0.25, 0.3) is 0 Å². The lowest BCUT2D eigenvalue weighted by Gasteiger charge is -2.33. The van der Waals surface area contributed by atoms with Crippen molar-refractivity contribution < 1.29 is 0 Å². The second-order valence-electron chi connectivity index (χ2n) is 10.7. The monoisotopic (exact) mass is 579 g/mol. The fourth-order valence-electron chi connectivity index (χ4n) is 5.69. The van der Waals surface area contributed by atoms with Crippen LogP contribution in [-0.4, -0.2) is 58.5 Å². The minimum atomic E-state index is 0.113. The highest BCUT2D eigenvalue weighted by atomic mass is 15.2. The fraction of sp³-hybridized carbons (Fsp3) is 0.182. The molecule has 216 valence electrons. The molecule has 0 radical (unpaired) electrons. The average molecular weight is 580 g/mol. The third kappa shape index (κ3) is 5.54. The maximum atomic E-state index is 9.10. The van der Waals surface area contributed by atoms with E-state index in [1.807, 2.05) is 48.5 Å². The van der Waals surface area contributed by atoms with Crippen molar-refractivity contribution in [1.29, 1.82) is 5.26 Å². The third-order valence-corrected chi connectivity index (χ3v) is 7.76. The number of fused-ring (bicyclic) bond motifs is 1. The summed E-state index contributed by atoms with van der Waals surface area (Å²) in [5.74, 6) is 1.66. The van der Waals surface area contributed by atoms with E-state index in [0.717, 1.165) is 66.1 Å². The van der Waals surface area contributed by atoms with E-state index in [1.54, 1.807) is 6.20 Å². The predicted octanol–water partition coefficient (Wildman–Crippen LogP) is 4.86. The highest BCUT2D eigenvalue weighted by molar-refractivity contribution is 5.84. The molecule has 0 saturated carbocycles. The summed E-state index contributed by atoms with van der Waals surface area (Å²) in [6.45, 7) is 2.66. The van der Waals surface area contributed by atoms with E-state index in [9.17, 15) is 0 Å². The first-order valence-corrected chi connectivity index (χ1v) is 14.5. The lowest BCUT2D eigenvalue weighted by atomic mass is 10.0. The quantitative estimate of drug-likeness (QED) is 0.269. The highest BCUT2D eigenvalue weighted by Crippen LogP contribution is 2.32. The SMILES string of the molecule is N#Cc1ncnc(N[C@H]2CCCN(Cc3ccc(-n4c(-c5cccnc5N)nc5ccc(-c6ccccc6)nc54)cc3)C2)n1. The molecule has 5 heterocycles. The Bertz CT molecular complexity index is 1960. The zero-order valence-corrected chi connectivity index (χ0v) is 23.9. The predicted molar refractivity (Wildman–Crippen MR) is 168 cm³/mol. The Hall–Kier alpha value is -5.73. The number of rotatable bonds is 7. The molecule has 0 spiro atoms. The minimum absolute atomic E-state index is 0.113. The molecule has 7 rings (SSSR count). The topological polar surface area (TPSA) is 147 Å². The van der Waals surface area contributed by atoms with Crippen molar-refractivity contribution in [3.63, 3.8) is 0 Å². The molecule has 1 aliphatic rings. The van der Waals surface area contributed by atoms with Crippen LogP contribution in [0.4, 0.5) is 11.8 Å². The van der Waals surface area contributed by atoms with E-state index in [4.69, 9.17) is 21.0 Å². The Morgan fingerprint density at radius 1 is 0.909 bits per heavy atom. The van der Waals surface area contributed by atoms with Crippen LogP contribution in [0.25, 0.3) is 39.5 Å². The Balaban J connectivity index is 1.17. The van der Waals surface area contributed by atoms with Crippen LogP contribution in [0.2, 0.25) is 0 Å². The number of nitriles is 1. The first-order valence-electron chi connectivity index (χ1n) is 14.5. The number of benzene rings is 2. The van der Waals surface area contributed by atoms with Crippen molar-refractivity contribution in [1.82, 2.24) is 39.4 Å². The minimum Gasteiger partial charge on any atom is -0.383 e. The molecule has 0 aliphatic carbocycles. The molecule has 1 fully saturated rings. The average Bonchev–Trinajstić information content (AvgIpc) is 3.44. The fourth-order valence-corrected chi connectivity index (χ4v) is 5.69. The molecule has 11 nitrogen and oxygen atoms in total. The molecule has 1 aliphatic heterocycles. The summed E-state index contributed by atoms with van der Waals surface area (Å²) in [4.78, 5) is 29.0. The molecule has 0 unspecified atom stereocenters. The zero-order chi connectivity index (χ0) is 29.9. The van der Waals surface area contributed by atoms with Crippen LogP contribution < -0.4 is 11.1 Å². The lowest BCUT2D eigenvalue weighted by Crippen LogP contribution is -2.41. The molecule has 11 heteroatoms. The van der Waals surface area contributed by atoms with Crippen molar-refractivity contribution in [2.75, 3.05) is 24.1 Å². The standard InChI is InChI=1S/C33H29N11/c34-18-29-37-21-38-33(42-29)39-24-8-5-17-43(20-24)19-22-10-12-25(13-11-22)44-31(26-9-4-16-36-30(26)35)41-28-15-14-27(40-32(28)44)23-6-2-1-3-7-23/h1-4,6-7,9-16,21,24H,5,8,17,19-20H2,(H2,35,36)(H,37,38,39,42)/t24-/m0/s1. The number of anilines is 2. The number of pyridine rings is 2. The van der Waals surface area contributed by atoms with Gasteiger partial charge in [0.15, 0.2) is 11.5 Å². The number of imidazole rings is 1. The van der Waals surface area contributed by atoms with Gasteiger partial charge in [-0.05, 0) is 61.3 Å². The zero-order valence-electron chi connectivity index (χ0n) is 23.9. The van der Waals surface area contributed by atoms with Gasteiger partial charge in [0.1, 0.15) is 23.7 Å². The van der Waals surface area contributed by atoms with E-state index >= 15 is 0 Å². The first-order chi connectivity index (χ1) is 21.6. The van der Waals surface area contributed by atoms with Gasteiger partial charge in [-0.3, -0.25) is 9.47 Å². The molecule has 1 saturated heterocycles. The van der Waals surface area contributed by atoms with Gasteiger partial charge in [-0.15, -0.1) is 0 Å². The summed E-state index contributed by atoms with van der Waals surface area (Å²) < 4.78 is 2.06. The second kappa shape index (κ2) is 11.9. The highest BCUT2D eigenvalue weighted by Gasteiger charge is 2.22. The lowest BCUT2D eigenvalue weighted by molar-refractivity contribution is 0.208. The largest absolute Gasteiger partial charge is 0.383 e. The van der Waals surface area contributed by atoms with Crippen molar-refractivity contribution in [2.45, 2.75) is 25.4 Å². The maximum Gasteiger partial charge on any atom is 0.236 e. The summed E-state index contributed by atoms with van der Waals surface area (Å²) in [5.41, 5.74) is 12.7. The van der Waals surface area contributed by atoms with Crippen LogP contribution in [0.5, 0.6) is 0 Å². The Morgan fingerprint density at radius 3 is 2.59 bits per heavy atom. The molecule has 0 amide bonds. The van der Waals surface area contributed by atoms with Gasteiger partial charge < -0.3 is 11.1 Å². The summed E-state index contributed by atoms with van der Waals surface area (Å²) >= 11 is 0. The number of piperidine rings is 1. The molecule has 2 aromatic carbocycles. The van der Waals surface area contributed by atoms with E-state index in [0.29, 0.717) is 17.6 Å². The maximum absolute atomic E-state index is 9.10. The Labute approximate surface area is 254 Å². The smallest absolute Gasteiger partial charge is 0.236 e. The molecule has 0 bridgehead atoms. The molecular formula is C33H29N11. The van der Waals surface area contributed by atoms with Crippen LogP contribution >= 0.6 is 0 Å². The van der Waals surface area contributed by atoms with Gasteiger partial charge in [0, 0.05) is 36.6 Å². The van der Waals surface area contributed by atoms with Gasteiger partial charge in [0.2, 0.25) is 11.8 Å². The van der Waals surface area contributed by atoms with Gasteiger partial charge in [-0.1, -0.05) is 42.5 Å². The summed E-state index contributed by atoms with van der Waals surface area (Å²) in [6, 6.07) is 28.6. The van der Waals surface area contributed by atoms with Crippen LogP contribution in [0.3, 0.4) is 0 Å². The first kappa shape index (κ1) is 27.1. The number of nitrogen functional groups attached to an aromatic ring is 1. The van der Waals surface area contributed by atoms with Crippen molar-refractivity contribution in [3.05, 3.63) is 103 Å². The van der Waals surface area contributed by atoms with E-state index < -0.39 is 0 Å². The summed E-state index contributed by atoms with van der Waals surface area (Å²) in [7, 11) is 0. The van der Waals surface area contributed by atoms with Crippen LogP contribution in [-0.2, 0) is 6.54 Å². The van der Waals surface area contributed by atoms with Gasteiger partial charge in [-0.25, -0.2) is 24.9 Å². The van der Waals surface area contributed by atoms with Gasteiger partial charge in [0.05, 0.1) is 11.3 Å². The molecule has 1 atom stereocenters. The molecule has 4 aromatic heterocycles. The number of nitrogens with one attached hydrogen (secondary N) is 1. The van der Waals surface area contributed by atoms with Gasteiger partial charge in [-0.2, -0.15) is 10.2 Å². The van der Waals surface area contributed by atoms with E-state index in [-0.39, 0.29) is 11.9 Å². The van der Waals surface area contributed by atoms with Crippen molar-refractivity contribution >= 4 is 22.9 Å². The number of likely N-dealkylation sites (tertiary alicyclic amines) is 1. The van der Waals surface area contributed by atoms with E-state index in [1.165, 1.54) is 11.9 Å². The van der Waals surface area contributed by atoms with E-state index in [2.05, 4.69) is 71.1 Å². The molecule has 6 aromatic rings. The third-order valence-electron chi connectivity index (χ3n) is 7.76. The second-order valence-corrected chi connectivity index (χ2v) is 10.7. The number of nitrogens with zero attached hydrogens (tertiary/aromatic N) is 9. The Kier molecular flexibility index (Phi) is 7.32. The van der Waals surface area contributed by atoms with Gasteiger partial charge >= 0.3 is 0 Å². The van der Waals surface area contributed by atoms with Crippen molar-refractivity contribution in [3.8, 4) is 34.4 Å². The summed E-state index contributed by atoms with van der Waals surface area (Å²) in [6.07, 6.45) is 5.11. The number of aromatic nitrogens is 7. The summed E-state index contributed by atoms with van der Waals surface area (Å²) in [5, 5.41) is 12.5. The van der Waals surface area contributed by atoms with Crippen LogP contribution in [0.1, 0.15) is 24.2 Å². The van der Waals surface area contributed by atoms with Crippen LogP contribution in [0.15, 0.2) is 91.4 Å². The number of nitrogens with two attached hydrogens (primary N) is 1.